The highest BCUT2D eigenvalue weighted by atomic mass is 16.4. The summed E-state index contributed by atoms with van der Waals surface area (Å²) in [4.78, 5) is 32.9. The summed E-state index contributed by atoms with van der Waals surface area (Å²) >= 11 is 0. The first-order valence-electron chi connectivity index (χ1n) is 5.32. The second-order valence-electron chi connectivity index (χ2n) is 4.17. The normalized spacial score (nSPS) is 14.1. The van der Waals surface area contributed by atoms with Gasteiger partial charge >= 0.3 is 5.97 Å². The van der Waals surface area contributed by atoms with Gasteiger partial charge in [0.2, 0.25) is 11.8 Å². The molecule has 0 bridgehead atoms. The van der Waals surface area contributed by atoms with E-state index in [1.807, 2.05) is 0 Å². The van der Waals surface area contributed by atoms with E-state index in [-0.39, 0.29) is 18.8 Å². The number of hydrogen-bond acceptors (Lipinski definition) is 4. The Labute approximate surface area is 99.5 Å². The minimum atomic E-state index is -1.16. The van der Waals surface area contributed by atoms with Crippen LogP contribution < -0.4 is 16.8 Å². The molecule has 2 atom stereocenters. The van der Waals surface area contributed by atoms with Gasteiger partial charge < -0.3 is 21.9 Å². The molecule has 0 unspecified atom stereocenters. The lowest BCUT2D eigenvalue weighted by Crippen LogP contribution is -2.48. The average Bonchev–Trinajstić information content (AvgIpc) is 2.21. The zero-order valence-electron chi connectivity index (χ0n) is 9.97. The topological polar surface area (TPSA) is 136 Å². The molecule has 0 aromatic heterocycles. The van der Waals surface area contributed by atoms with Crippen LogP contribution in [0.15, 0.2) is 0 Å². The van der Waals surface area contributed by atoms with Crippen LogP contribution in [0.1, 0.15) is 26.7 Å². The molecule has 98 valence electrons. The van der Waals surface area contributed by atoms with Gasteiger partial charge in [0.1, 0.15) is 12.1 Å². The fourth-order valence-electron chi connectivity index (χ4n) is 1.22. The molecule has 0 saturated heterocycles. The maximum absolute atomic E-state index is 11.4. The quantitative estimate of drug-likeness (QED) is 0.447. The lowest BCUT2D eigenvalue weighted by atomic mass is 10.0. The van der Waals surface area contributed by atoms with Crippen molar-refractivity contribution >= 4 is 17.8 Å². The van der Waals surface area contributed by atoms with Gasteiger partial charge in [-0.15, -0.1) is 0 Å². The van der Waals surface area contributed by atoms with Crippen LogP contribution in [0, 0.1) is 5.92 Å². The van der Waals surface area contributed by atoms with Crippen molar-refractivity contribution in [2.75, 3.05) is 0 Å². The lowest BCUT2D eigenvalue weighted by Gasteiger charge is -2.19. The maximum Gasteiger partial charge on any atom is 0.320 e. The average molecular weight is 245 g/mol. The molecule has 7 heteroatoms. The second kappa shape index (κ2) is 6.85. The number of nitrogens with two attached hydrogens (primary N) is 2. The van der Waals surface area contributed by atoms with Gasteiger partial charge in [-0.2, -0.15) is 0 Å². The molecule has 0 spiro atoms. The summed E-state index contributed by atoms with van der Waals surface area (Å²) in [5, 5.41) is 11.0. The highest BCUT2D eigenvalue weighted by Gasteiger charge is 2.22. The van der Waals surface area contributed by atoms with Gasteiger partial charge in [-0.3, -0.25) is 14.4 Å². The Kier molecular flexibility index (Phi) is 6.19. The van der Waals surface area contributed by atoms with Crippen molar-refractivity contribution in [3.8, 4) is 0 Å². The van der Waals surface area contributed by atoms with E-state index in [9.17, 15) is 14.4 Å². The van der Waals surface area contributed by atoms with Crippen LogP contribution in [-0.4, -0.2) is 35.0 Å². The summed E-state index contributed by atoms with van der Waals surface area (Å²) in [5.74, 6) is -2.33. The summed E-state index contributed by atoms with van der Waals surface area (Å²) in [5.41, 5.74) is 10.4. The molecule has 17 heavy (non-hydrogen) atoms. The van der Waals surface area contributed by atoms with Crippen molar-refractivity contribution in [2.45, 2.75) is 38.8 Å². The Bertz CT molecular complexity index is 304. The first-order valence-corrected chi connectivity index (χ1v) is 5.32. The fourth-order valence-corrected chi connectivity index (χ4v) is 1.22. The number of rotatable bonds is 7. The predicted octanol–water partition coefficient (Wildman–Crippen LogP) is -1.20. The molecule has 0 aliphatic carbocycles. The van der Waals surface area contributed by atoms with Gasteiger partial charge in [0.15, 0.2) is 0 Å². The molecular formula is C10H19N3O4. The van der Waals surface area contributed by atoms with E-state index in [1.165, 1.54) is 0 Å². The second-order valence-corrected chi connectivity index (χ2v) is 4.17. The van der Waals surface area contributed by atoms with Crippen molar-refractivity contribution in [1.82, 2.24) is 5.32 Å². The number of nitrogens with one attached hydrogen (secondary N) is 1. The molecule has 0 aliphatic heterocycles. The Hall–Kier alpha value is -1.63. The molecule has 0 aromatic carbocycles. The van der Waals surface area contributed by atoms with Gasteiger partial charge in [-0.05, 0) is 12.3 Å². The maximum atomic E-state index is 11.4. The summed E-state index contributed by atoms with van der Waals surface area (Å²) in [6, 6.07) is -1.82. The van der Waals surface area contributed by atoms with E-state index < -0.39 is 29.9 Å². The third kappa shape index (κ3) is 5.86. The van der Waals surface area contributed by atoms with E-state index in [0.29, 0.717) is 0 Å². The van der Waals surface area contributed by atoms with Crippen molar-refractivity contribution in [2.24, 2.45) is 17.4 Å². The van der Waals surface area contributed by atoms with Crippen LogP contribution >= 0.6 is 0 Å². The first-order chi connectivity index (χ1) is 7.75. The van der Waals surface area contributed by atoms with Gasteiger partial charge in [-0.1, -0.05) is 13.8 Å². The Morgan fingerprint density at radius 1 is 1.29 bits per heavy atom. The zero-order chi connectivity index (χ0) is 13.6. The molecule has 0 aliphatic rings. The first kappa shape index (κ1) is 15.4. The largest absolute Gasteiger partial charge is 0.480 e. The van der Waals surface area contributed by atoms with E-state index in [0.717, 1.165) is 0 Å². The number of primary amides is 1. The van der Waals surface area contributed by atoms with Crippen molar-refractivity contribution in [1.29, 1.82) is 0 Å². The van der Waals surface area contributed by atoms with Gasteiger partial charge in [0.25, 0.3) is 0 Å². The highest BCUT2D eigenvalue weighted by Crippen LogP contribution is 2.02. The molecule has 0 fully saturated rings. The Morgan fingerprint density at radius 2 is 1.82 bits per heavy atom. The smallest absolute Gasteiger partial charge is 0.320 e. The van der Waals surface area contributed by atoms with E-state index in [1.54, 1.807) is 13.8 Å². The van der Waals surface area contributed by atoms with Crippen LogP contribution in [0.25, 0.3) is 0 Å². The summed E-state index contributed by atoms with van der Waals surface area (Å²) in [7, 11) is 0. The summed E-state index contributed by atoms with van der Waals surface area (Å²) in [6.45, 7) is 3.50. The van der Waals surface area contributed by atoms with E-state index in [4.69, 9.17) is 16.6 Å². The monoisotopic (exact) mass is 245 g/mol. The number of carbonyl (C=O) groups excluding carboxylic acids is 2. The highest BCUT2D eigenvalue weighted by molar-refractivity contribution is 5.87. The summed E-state index contributed by atoms with van der Waals surface area (Å²) < 4.78 is 0. The van der Waals surface area contributed by atoms with Crippen LogP contribution in [0.2, 0.25) is 0 Å². The SMILES string of the molecule is CC(C)[C@H](NC(=O)CC[C@H](N)C(=O)O)C(N)=O. The number of aliphatic carboxylic acids is 1. The molecule has 0 radical (unpaired) electrons. The van der Waals surface area contributed by atoms with Crippen LogP contribution in [0.3, 0.4) is 0 Å². The minimum Gasteiger partial charge on any atom is -0.480 e. The van der Waals surface area contributed by atoms with Gasteiger partial charge in [-0.25, -0.2) is 0 Å². The third-order valence-electron chi connectivity index (χ3n) is 2.29. The minimum absolute atomic E-state index is 0.0186. The van der Waals surface area contributed by atoms with Crippen molar-refractivity contribution < 1.29 is 19.5 Å². The molecular weight excluding hydrogens is 226 g/mol. The molecule has 0 rings (SSSR count). The van der Waals surface area contributed by atoms with Crippen molar-refractivity contribution in [3.05, 3.63) is 0 Å². The predicted molar refractivity (Wildman–Crippen MR) is 60.8 cm³/mol. The van der Waals surface area contributed by atoms with Crippen LogP contribution in [-0.2, 0) is 14.4 Å². The zero-order valence-corrected chi connectivity index (χ0v) is 9.97. The molecule has 0 heterocycles. The molecule has 6 N–H and O–H groups in total. The Morgan fingerprint density at radius 3 is 2.18 bits per heavy atom. The number of carboxylic acid groups (broad SMARTS) is 1. The van der Waals surface area contributed by atoms with Gasteiger partial charge in [0.05, 0.1) is 0 Å². The molecule has 0 aromatic rings. The number of carbonyl (C=O) groups is 3. The molecule has 0 saturated carbocycles. The van der Waals surface area contributed by atoms with E-state index in [2.05, 4.69) is 5.32 Å². The van der Waals surface area contributed by atoms with Crippen LogP contribution in [0.4, 0.5) is 0 Å². The van der Waals surface area contributed by atoms with Gasteiger partial charge in [0, 0.05) is 6.42 Å². The summed E-state index contributed by atoms with van der Waals surface area (Å²) in [6.07, 6.45) is -0.0330. The van der Waals surface area contributed by atoms with Crippen LogP contribution in [0.5, 0.6) is 0 Å². The standard InChI is InChI=1S/C10H19N3O4/c1-5(2)8(9(12)15)13-7(14)4-3-6(11)10(16)17/h5-6,8H,3-4,11H2,1-2H3,(H2,12,15)(H,13,14)(H,16,17)/t6-,8-/m0/s1. The number of carboxylic acids is 1. The third-order valence-corrected chi connectivity index (χ3v) is 2.29. The Balaban J connectivity index is 4.16. The fraction of sp³-hybridized carbons (Fsp3) is 0.700. The van der Waals surface area contributed by atoms with Crippen molar-refractivity contribution in [3.63, 3.8) is 0 Å². The molecule has 2 amide bonds. The van der Waals surface area contributed by atoms with E-state index >= 15 is 0 Å². The number of amides is 2. The molecule has 7 nitrogen and oxygen atoms in total. The number of hydrogen-bond donors (Lipinski definition) is 4. The lowest BCUT2D eigenvalue weighted by molar-refractivity contribution is -0.138.